The lowest BCUT2D eigenvalue weighted by Crippen LogP contribution is -2.09. The molecule has 0 bridgehead atoms. The molecule has 1 aromatic heterocycles. The van der Waals surface area contributed by atoms with E-state index in [0.717, 1.165) is 20.9 Å². The summed E-state index contributed by atoms with van der Waals surface area (Å²) in [5.41, 5.74) is 1.13. The minimum atomic E-state index is 0.906. The SMILES string of the molecule is COc1ccsc1N(C)c1ccccc1Br. The van der Waals surface area contributed by atoms with Crippen LogP contribution >= 0.6 is 27.3 Å². The van der Waals surface area contributed by atoms with Crippen molar-refractivity contribution in [1.29, 1.82) is 0 Å². The Morgan fingerprint density at radius 1 is 1.25 bits per heavy atom. The monoisotopic (exact) mass is 297 g/mol. The van der Waals surface area contributed by atoms with Gasteiger partial charge in [-0.1, -0.05) is 12.1 Å². The van der Waals surface area contributed by atoms with Gasteiger partial charge in [0.05, 0.1) is 12.8 Å². The van der Waals surface area contributed by atoms with Gasteiger partial charge in [-0.2, -0.15) is 0 Å². The van der Waals surface area contributed by atoms with Gasteiger partial charge in [-0.3, -0.25) is 0 Å². The highest BCUT2D eigenvalue weighted by atomic mass is 79.9. The Balaban J connectivity index is 2.39. The maximum atomic E-state index is 5.32. The zero-order valence-electron chi connectivity index (χ0n) is 9.11. The number of benzene rings is 1. The molecule has 16 heavy (non-hydrogen) atoms. The number of methoxy groups -OCH3 is 1. The molecule has 4 heteroatoms. The fraction of sp³-hybridized carbons (Fsp3) is 0.167. The molecule has 1 heterocycles. The van der Waals surface area contributed by atoms with Crippen LogP contribution in [0, 0.1) is 0 Å². The fourth-order valence-electron chi connectivity index (χ4n) is 1.52. The fourth-order valence-corrected chi connectivity index (χ4v) is 2.92. The van der Waals surface area contributed by atoms with Crippen molar-refractivity contribution in [2.45, 2.75) is 0 Å². The van der Waals surface area contributed by atoms with Gasteiger partial charge in [-0.15, -0.1) is 11.3 Å². The Bertz CT molecular complexity index is 483. The van der Waals surface area contributed by atoms with Crippen molar-refractivity contribution in [2.75, 3.05) is 19.1 Å². The molecule has 0 aliphatic heterocycles. The maximum Gasteiger partial charge on any atom is 0.153 e. The third-order valence-electron chi connectivity index (χ3n) is 2.35. The molecule has 0 radical (unpaired) electrons. The van der Waals surface area contributed by atoms with Crippen LogP contribution in [0.25, 0.3) is 0 Å². The van der Waals surface area contributed by atoms with Crippen molar-refractivity contribution in [3.05, 3.63) is 40.2 Å². The van der Waals surface area contributed by atoms with E-state index < -0.39 is 0 Å². The predicted octanol–water partition coefficient (Wildman–Crippen LogP) is 4.29. The van der Waals surface area contributed by atoms with Crippen LogP contribution < -0.4 is 9.64 Å². The quantitative estimate of drug-likeness (QED) is 0.838. The van der Waals surface area contributed by atoms with E-state index in [4.69, 9.17) is 4.74 Å². The number of halogens is 1. The maximum absolute atomic E-state index is 5.32. The van der Waals surface area contributed by atoms with Gasteiger partial charge in [0.2, 0.25) is 0 Å². The normalized spacial score (nSPS) is 10.2. The van der Waals surface area contributed by atoms with Gasteiger partial charge in [0.15, 0.2) is 5.75 Å². The average molecular weight is 298 g/mol. The Hall–Kier alpha value is -1.00. The zero-order valence-corrected chi connectivity index (χ0v) is 11.5. The third kappa shape index (κ3) is 2.08. The molecule has 0 atom stereocenters. The van der Waals surface area contributed by atoms with Crippen LogP contribution in [0.1, 0.15) is 0 Å². The molecule has 0 aliphatic rings. The van der Waals surface area contributed by atoms with E-state index in [9.17, 15) is 0 Å². The van der Waals surface area contributed by atoms with Gasteiger partial charge in [-0.25, -0.2) is 0 Å². The summed E-state index contributed by atoms with van der Waals surface area (Å²) in [5.74, 6) is 0.906. The molecule has 0 saturated heterocycles. The van der Waals surface area contributed by atoms with Crippen molar-refractivity contribution < 1.29 is 4.74 Å². The van der Waals surface area contributed by atoms with Crippen molar-refractivity contribution >= 4 is 38.0 Å². The van der Waals surface area contributed by atoms with Gasteiger partial charge in [0.25, 0.3) is 0 Å². The lowest BCUT2D eigenvalue weighted by Gasteiger charge is -2.20. The third-order valence-corrected chi connectivity index (χ3v) is 3.99. The summed E-state index contributed by atoms with van der Waals surface area (Å²) in [7, 11) is 3.73. The Morgan fingerprint density at radius 2 is 2.00 bits per heavy atom. The van der Waals surface area contributed by atoms with Gasteiger partial charge < -0.3 is 9.64 Å². The number of para-hydroxylation sites is 1. The smallest absolute Gasteiger partial charge is 0.153 e. The van der Waals surface area contributed by atoms with Crippen LogP contribution in [0.15, 0.2) is 40.2 Å². The van der Waals surface area contributed by atoms with Crippen molar-refractivity contribution in [1.82, 2.24) is 0 Å². The van der Waals surface area contributed by atoms with E-state index in [1.807, 2.05) is 36.7 Å². The van der Waals surface area contributed by atoms with Crippen LogP contribution in [0.3, 0.4) is 0 Å². The molecule has 0 saturated carbocycles. The number of anilines is 2. The molecule has 1 aromatic carbocycles. The number of ether oxygens (including phenoxy) is 1. The first-order chi connectivity index (χ1) is 7.74. The standard InChI is InChI=1S/C12H12BrNOS/c1-14(10-6-4-3-5-9(10)13)12-11(15-2)7-8-16-12/h3-8H,1-2H3. The van der Waals surface area contributed by atoms with E-state index in [1.165, 1.54) is 0 Å². The minimum Gasteiger partial charge on any atom is -0.494 e. The summed E-state index contributed by atoms with van der Waals surface area (Å²) in [6.07, 6.45) is 0. The summed E-state index contributed by atoms with van der Waals surface area (Å²) < 4.78 is 6.40. The van der Waals surface area contributed by atoms with Crippen molar-refractivity contribution in [3.8, 4) is 5.75 Å². The van der Waals surface area contributed by atoms with Crippen LogP contribution in [0.5, 0.6) is 5.75 Å². The molecule has 0 aliphatic carbocycles. The van der Waals surface area contributed by atoms with Gasteiger partial charge >= 0.3 is 0 Å². The predicted molar refractivity (Wildman–Crippen MR) is 73.1 cm³/mol. The number of rotatable bonds is 3. The van der Waals surface area contributed by atoms with E-state index in [2.05, 4.69) is 26.9 Å². The molecule has 2 nitrogen and oxygen atoms in total. The second-order valence-electron chi connectivity index (χ2n) is 3.30. The Morgan fingerprint density at radius 3 is 2.69 bits per heavy atom. The lowest BCUT2D eigenvalue weighted by molar-refractivity contribution is 0.417. The Labute approximate surface area is 108 Å². The van der Waals surface area contributed by atoms with Crippen molar-refractivity contribution in [2.24, 2.45) is 0 Å². The number of hydrogen-bond acceptors (Lipinski definition) is 3. The molecule has 84 valence electrons. The molecule has 2 rings (SSSR count). The van der Waals surface area contributed by atoms with Gasteiger partial charge in [-0.05, 0) is 39.5 Å². The molecular formula is C12H12BrNOS. The summed E-state index contributed by atoms with van der Waals surface area (Å²) in [4.78, 5) is 2.12. The molecule has 2 aromatic rings. The van der Waals surface area contributed by atoms with Crippen molar-refractivity contribution in [3.63, 3.8) is 0 Å². The van der Waals surface area contributed by atoms with Crippen LogP contribution in [0.4, 0.5) is 10.7 Å². The largest absolute Gasteiger partial charge is 0.494 e. The van der Waals surface area contributed by atoms with Gasteiger partial charge in [0.1, 0.15) is 5.00 Å². The second-order valence-corrected chi connectivity index (χ2v) is 5.05. The van der Waals surface area contributed by atoms with Crippen LogP contribution in [-0.4, -0.2) is 14.2 Å². The molecule has 0 fully saturated rings. The molecule has 0 unspecified atom stereocenters. The molecular weight excluding hydrogens is 286 g/mol. The summed E-state index contributed by atoms with van der Waals surface area (Å²) in [5, 5.41) is 3.14. The summed E-state index contributed by atoms with van der Waals surface area (Å²) >= 11 is 5.22. The van der Waals surface area contributed by atoms with Gasteiger partial charge in [0, 0.05) is 11.5 Å². The van der Waals surface area contributed by atoms with E-state index in [-0.39, 0.29) is 0 Å². The first-order valence-electron chi connectivity index (χ1n) is 4.83. The minimum absolute atomic E-state index is 0.906. The highest BCUT2D eigenvalue weighted by molar-refractivity contribution is 9.10. The molecule has 0 amide bonds. The zero-order chi connectivity index (χ0) is 11.5. The van der Waals surface area contributed by atoms with E-state index in [1.54, 1.807) is 18.4 Å². The van der Waals surface area contributed by atoms with E-state index >= 15 is 0 Å². The molecule has 0 N–H and O–H groups in total. The lowest BCUT2D eigenvalue weighted by atomic mass is 10.3. The number of hydrogen-bond donors (Lipinski definition) is 0. The van der Waals surface area contributed by atoms with E-state index in [0.29, 0.717) is 0 Å². The summed E-state index contributed by atoms with van der Waals surface area (Å²) in [6, 6.07) is 10.1. The summed E-state index contributed by atoms with van der Waals surface area (Å²) in [6.45, 7) is 0. The van der Waals surface area contributed by atoms with Crippen LogP contribution in [0.2, 0.25) is 0 Å². The highest BCUT2D eigenvalue weighted by Crippen LogP contribution is 2.39. The number of nitrogens with zero attached hydrogens (tertiary/aromatic N) is 1. The van der Waals surface area contributed by atoms with Crippen LogP contribution in [-0.2, 0) is 0 Å². The average Bonchev–Trinajstić information content (AvgIpc) is 2.77. The first kappa shape index (κ1) is 11.5. The molecule has 0 spiro atoms. The second kappa shape index (κ2) is 4.89. The first-order valence-corrected chi connectivity index (χ1v) is 6.51. The Kier molecular flexibility index (Phi) is 3.51. The topological polar surface area (TPSA) is 12.5 Å². The highest BCUT2D eigenvalue weighted by Gasteiger charge is 2.13. The number of thiophene rings is 1.